The molecule has 0 saturated heterocycles. The number of nitrogens with zero attached hydrogens (tertiary/aromatic N) is 2. The zero-order valence-electron chi connectivity index (χ0n) is 8.77. The Labute approximate surface area is 85.3 Å². The van der Waals surface area contributed by atoms with Crippen molar-refractivity contribution >= 4 is 5.70 Å². The van der Waals surface area contributed by atoms with E-state index in [2.05, 4.69) is 32.0 Å². The Balaban J connectivity index is 2.62. The Morgan fingerprint density at radius 1 is 1.36 bits per heavy atom. The van der Waals surface area contributed by atoms with Crippen molar-refractivity contribution in [3.8, 4) is 0 Å². The lowest BCUT2D eigenvalue weighted by atomic mass is 10.1. The van der Waals surface area contributed by atoms with Gasteiger partial charge >= 0.3 is 0 Å². The van der Waals surface area contributed by atoms with E-state index in [-0.39, 0.29) is 0 Å². The molecule has 0 bridgehead atoms. The number of allylic oxidation sites excluding steroid dienone is 4. The van der Waals surface area contributed by atoms with Gasteiger partial charge in [0, 0.05) is 18.1 Å². The van der Waals surface area contributed by atoms with Crippen molar-refractivity contribution in [1.29, 1.82) is 0 Å². The second-order valence-corrected chi connectivity index (χ2v) is 3.52. The molecule has 1 heterocycles. The molecule has 1 aromatic rings. The molecule has 1 rings (SSSR count). The van der Waals surface area contributed by atoms with Crippen LogP contribution in [0.3, 0.4) is 0 Å². The van der Waals surface area contributed by atoms with Gasteiger partial charge in [-0.2, -0.15) is 0 Å². The minimum atomic E-state index is 0.474. The molecule has 74 valence electrons. The Morgan fingerprint density at radius 2 is 2.07 bits per heavy atom. The van der Waals surface area contributed by atoms with Crippen LogP contribution in [0.2, 0.25) is 0 Å². The quantitative estimate of drug-likeness (QED) is 0.664. The van der Waals surface area contributed by atoms with Crippen molar-refractivity contribution in [3.63, 3.8) is 0 Å². The number of hydrogen-bond donors (Lipinski definition) is 0. The molecular formula is C12H16N2. The maximum absolute atomic E-state index is 3.95. The molecule has 1 aromatic heterocycles. The highest BCUT2D eigenvalue weighted by atomic mass is 15.0. The van der Waals surface area contributed by atoms with E-state index < -0.39 is 0 Å². The Bertz CT molecular complexity index is 342. The zero-order chi connectivity index (χ0) is 10.6. The SMILES string of the molecule is C=C(/C=C\C(=C)n1ccnc1)C(C)C. The van der Waals surface area contributed by atoms with E-state index in [0.29, 0.717) is 5.92 Å². The molecule has 2 heteroatoms. The molecule has 0 radical (unpaired) electrons. The van der Waals surface area contributed by atoms with Gasteiger partial charge in [-0.3, -0.25) is 0 Å². The maximum atomic E-state index is 3.95. The largest absolute Gasteiger partial charge is 0.307 e. The number of rotatable bonds is 4. The van der Waals surface area contributed by atoms with Crippen molar-refractivity contribution in [2.75, 3.05) is 0 Å². The van der Waals surface area contributed by atoms with Crippen LogP contribution >= 0.6 is 0 Å². The summed E-state index contributed by atoms with van der Waals surface area (Å²) in [6.07, 6.45) is 9.27. The van der Waals surface area contributed by atoms with E-state index in [1.807, 2.05) is 22.9 Å². The molecular weight excluding hydrogens is 172 g/mol. The van der Waals surface area contributed by atoms with Gasteiger partial charge in [0.15, 0.2) is 0 Å². The standard InChI is InChI=1S/C12H16N2/c1-10(2)11(3)5-6-12(4)14-8-7-13-9-14/h5-10H,3-4H2,1-2H3/b6-5-. The molecule has 0 unspecified atom stereocenters. The number of imidazole rings is 1. The first-order chi connectivity index (χ1) is 6.61. The lowest BCUT2D eigenvalue weighted by molar-refractivity contribution is 0.795. The van der Waals surface area contributed by atoms with Gasteiger partial charge in [-0.15, -0.1) is 0 Å². The van der Waals surface area contributed by atoms with Gasteiger partial charge in [-0.1, -0.05) is 38.7 Å². The Hall–Kier alpha value is -1.57. The van der Waals surface area contributed by atoms with Crippen LogP contribution in [-0.2, 0) is 0 Å². The summed E-state index contributed by atoms with van der Waals surface area (Å²) in [6, 6.07) is 0. The van der Waals surface area contributed by atoms with E-state index in [1.54, 1.807) is 12.5 Å². The van der Waals surface area contributed by atoms with Crippen LogP contribution in [0.1, 0.15) is 13.8 Å². The van der Waals surface area contributed by atoms with Gasteiger partial charge in [0.2, 0.25) is 0 Å². The smallest absolute Gasteiger partial charge is 0.0991 e. The van der Waals surface area contributed by atoms with Gasteiger partial charge in [0.05, 0.1) is 6.33 Å². The molecule has 0 fully saturated rings. The van der Waals surface area contributed by atoms with Gasteiger partial charge in [-0.25, -0.2) is 4.98 Å². The van der Waals surface area contributed by atoms with Crippen LogP contribution < -0.4 is 0 Å². The van der Waals surface area contributed by atoms with Crippen molar-refractivity contribution in [1.82, 2.24) is 9.55 Å². The summed E-state index contributed by atoms with van der Waals surface area (Å²) >= 11 is 0. The first-order valence-corrected chi connectivity index (χ1v) is 4.65. The zero-order valence-corrected chi connectivity index (χ0v) is 8.77. The monoisotopic (exact) mass is 188 g/mol. The van der Waals surface area contributed by atoms with Crippen molar-refractivity contribution < 1.29 is 0 Å². The summed E-state index contributed by atoms with van der Waals surface area (Å²) in [4.78, 5) is 3.95. The molecule has 0 atom stereocenters. The Kier molecular flexibility index (Phi) is 3.46. The van der Waals surface area contributed by atoms with Crippen molar-refractivity contribution in [3.05, 3.63) is 49.6 Å². The minimum Gasteiger partial charge on any atom is -0.307 e. The molecule has 0 aliphatic heterocycles. The molecule has 0 spiro atoms. The fourth-order valence-electron chi connectivity index (χ4n) is 0.911. The highest BCUT2D eigenvalue weighted by Crippen LogP contribution is 2.10. The summed E-state index contributed by atoms with van der Waals surface area (Å²) in [7, 11) is 0. The van der Waals surface area contributed by atoms with E-state index in [9.17, 15) is 0 Å². The van der Waals surface area contributed by atoms with Crippen LogP contribution in [0.4, 0.5) is 0 Å². The summed E-state index contributed by atoms with van der Waals surface area (Å²) < 4.78 is 1.87. The fraction of sp³-hybridized carbons (Fsp3) is 0.250. The third-order valence-electron chi connectivity index (χ3n) is 2.07. The predicted octanol–water partition coefficient (Wildman–Crippen LogP) is 3.12. The summed E-state index contributed by atoms with van der Waals surface area (Å²) in [5, 5.41) is 0. The van der Waals surface area contributed by atoms with Crippen LogP contribution in [0.15, 0.2) is 49.6 Å². The van der Waals surface area contributed by atoms with E-state index in [1.165, 1.54) is 0 Å². The molecule has 0 amide bonds. The second kappa shape index (κ2) is 4.61. The van der Waals surface area contributed by atoms with Gasteiger partial charge < -0.3 is 4.57 Å². The van der Waals surface area contributed by atoms with Crippen LogP contribution in [0.25, 0.3) is 5.70 Å². The average molecular weight is 188 g/mol. The van der Waals surface area contributed by atoms with Crippen LogP contribution in [0, 0.1) is 5.92 Å². The van der Waals surface area contributed by atoms with Gasteiger partial charge in [-0.05, 0) is 12.0 Å². The highest BCUT2D eigenvalue weighted by Gasteiger charge is 1.95. The lowest BCUT2D eigenvalue weighted by Crippen LogP contribution is -1.90. The normalized spacial score (nSPS) is 11.1. The first-order valence-electron chi connectivity index (χ1n) is 4.65. The summed E-state index contributed by atoms with van der Waals surface area (Å²) in [5.41, 5.74) is 2.00. The van der Waals surface area contributed by atoms with Crippen molar-refractivity contribution in [2.45, 2.75) is 13.8 Å². The van der Waals surface area contributed by atoms with Gasteiger partial charge in [0.1, 0.15) is 0 Å². The molecule has 0 aromatic carbocycles. The second-order valence-electron chi connectivity index (χ2n) is 3.52. The third kappa shape index (κ3) is 2.73. The predicted molar refractivity (Wildman–Crippen MR) is 60.7 cm³/mol. The number of hydrogen-bond acceptors (Lipinski definition) is 1. The van der Waals surface area contributed by atoms with Crippen LogP contribution in [0.5, 0.6) is 0 Å². The average Bonchev–Trinajstić information content (AvgIpc) is 2.66. The molecule has 0 aliphatic carbocycles. The van der Waals surface area contributed by atoms with Crippen molar-refractivity contribution in [2.24, 2.45) is 5.92 Å². The maximum Gasteiger partial charge on any atom is 0.0991 e. The summed E-state index contributed by atoms with van der Waals surface area (Å²) in [6.45, 7) is 12.1. The molecule has 2 nitrogen and oxygen atoms in total. The minimum absolute atomic E-state index is 0.474. The van der Waals surface area contributed by atoms with Gasteiger partial charge in [0.25, 0.3) is 0 Å². The van der Waals surface area contributed by atoms with E-state index >= 15 is 0 Å². The fourth-order valence-corrected chi connectivity index (χ4v) is 0.911. The topological polar surface area (TPSA) is 17.8 Å². The third-order valence-corrected chi connectivity index (χ3v) is 2.07. The number of aromatic nitrogens is 2. The lowest BCUT2D eigenvalue weighted by Gasteiger charge is -2.04. The van der Waals surface area contributed by atoms with E-state index in [0.717, 1.165) is 11.3 Å². The van der Waals surface area contributed by atoms with Crippen LogP contribution in [-0.4, -0.2) is 9.55 Å². The molecule has 0 N–H and O–H groups in total. The Morgan fingerprint density at radius 3 is 2.57 bits per heavy atom. The molecule has 0 saturated carbocycles. The first kappa shape index (κ1) is 10.5. The van der Waals surface area contributed by atoms with E-state index in [4.69, 9.17) is 0 Å². The summed E-state index contributed by atoms with van der Waals surface area (Å²) in [5.74, 6) is 0.474. The highest BCUT2D eigenvalue weighted by molar-refractivity contribution is 5.55. The molecule has 0 aliphatic rings. The molecule has 14 heavy (non-hydrogen) atoms.